The minimum Gasteiger partial charge on any atom is -0.453 e. The summed E-state index contributed by atoms with van der Waals surface area (Å²) in [5.74, 6) is -7.37. The van der Waals surface area contributed by atoms with Crippen molar-refractivity contribution in [2.75, 3.05) is 19.0 Å². The number of nitrogens with one attached hydrogen (secondary N) is 1. The molecule has 5 aromatic rings. The third kappa shape index (κ3) is 15.8. The van der Waals surface area contributed by atoms with Crippen molar-refractivity contribution in [2.24, 2.45) is 28.8 Å². The van der Waals surface area contributed by atoms with Gasteiger partial charge < -0.3 is 47.4 Å². The van der Waals surface area contributed by atoms with Gasteiger partial charge in [0.05, 0.1) is 40.1 Å². The van der Waals surface area contributed by atoms with Crippen molar-refractivity contribution < 1.29 is 85.7 Å². The fraction of sp³-hybridized carbons (Fsp3) is 0.250. The molecular weight excluding hydrogens is 1030 g/mol. The predicted octanol–water partition coefficient (Wildman–Crippen LogP) is 8.69. The SMILES string of the molecule is C=CC(=O)OCOc1cc(OC(=O)C2CCC(C(=O)Oc3ccc(OC(=O)C4CCC(C(=O)Oc5ccc(OC(=O)C=C)c(OCOC(=O)C=C)c5)CC4)c(/C=N/Nc4nc5ccccc5s4)c3)CC2)ccc1OC(=O)C=C. The summed E-state index contributed by atoms with van der Waals surface area (Å²) in [7, 11) is 0. The molecule has 1 heterocycles. The molecule has 1 N–H and O–H groups in total. The van der Waals surface area contributed by atoms with Crippen LogP contribution in [0.25, 0.3) is 10.2 Å². The number of benzene rings is 4. The van der Waals surface area contributed by atoms with Crippen molar-refractivity contribution >= 4 is 80.7 Å². The Morgan fingerprint density at radius 3 is 1.35 bits per heavy atom. The number of carbonyl (C=O) groups excluding carboxylic acids is 8. The van der Waals surface area contributed by atoms with Crippen LogP contribution in [0.1, 0.15) is 56.9 Å². The second-order valence-electron chi connectivity index (χ2n) is 17.2. The molecule has 22 heteroatoms. The monoisotopic (exact) mass is 1090 g/mol. The van der Waals surface area contributed by atoms with Crippen molar-refractivity contribution in [1.82, 2.24) is 4.98 Å². The second kappa shape index (κ2) is 27.4. The summed E-state index contributed by atoms with van der Waals surface area (Å²) in [4.78, 5) is 105. The van der Waals surface area contributed by atoms with E-state index in [0.717, 1.165) is 34.5 Å². The zero-order valence-corrected chi connectivity index (χ0v) is 42.6. The van der Waals surface area contributed by atoms with Crippen molar-refractivity contribution in [3.8, 4) is 46.0 Å². The lowest BCUT2D eigenvalue weighted by atomic mass is 9.82. The number of nitrogens with zero attached hydrogens (tertiary/aromatic N) is 2. The third-order valence-corrected chi connectivity index (χ3v) is 13.0. The van der Waals surface area contributed by atoms with Gasteiger partial charge in [-0.3, -0.25) is 24.6 Å². The van der Waals surface area contributed by atoms with Crippen molar-refractivity contribution in [3.05, 3.63) is 135 Å². The molecular formula is C56H51N3O18S. The molecule has 4 aromatic carbocycles. The molecule has 0 unspecified atom stereocenters. The van der Waals surface area contributed by atoms with Gasteiger partial charge >= 0.3 is 47.8 Å². The molecule has 2 aliphatic carbocycles. The molecule has 0 radical (unpaired) electrons. The summed E-state index contributed by atoms with van der Waals surface area (Å²) in [5.41, 5.74) is 3.97. The largest absolute Gasteiger partial charge is 0.453 e. The summed E-state index contributed by atoms with van der Waals surface area (Å²) in [6.07, 6.45) is 7.59. The fourth-order valence-corrected chi connectivity index (χ4v) is 8.81. The molecule has 21 nitrogen and oxygen atoms in total. The number of carbonyl (C=O) groups is 8. The topological polar surface area (TPSA) is 266 Å². The lowest BCUT2D eigenvalue weighted by Crippen LogP contribution is -2.30. The van der Waals surface area contributed by atoms with Gasteiger partial charge in [0.25, 0.3) is 0 Å². The van der Waals surface area contributed by atoms with Crippen molar-refractivity contribution in [1.29, 1.82) is 0 Å². The number of ether oxygens (including phenoxy) is 10. The zero-order chi connectivity index (χ0) is 55.6. The van der Waals surface area contributed by atoms with E-state index in [1.807, 2.05) is 24.3 Å². The molecule has 0 bridgehead atoms. The standard InChI is InChI=1S/C56H51N3O18S/c1-5-48(60)70-31-68-45-28-39(22-25-43(45)75-50(62)7-3)73-53(65)34-15-13-33(14-16-34)52(64)72-38-21-24-42(37(27-38)30-57-59-56-58-41-11-9-10-12-47(41)78-56)77-55(67)36-19-17-35(18-20-36)54(66)74-40-23-26-44(76-51(63)8-4)46(29-40)69-32-71-49(61)6-2/h5-12,21-30,33-36H,1-4,13-20,31-32H2,(H,58,59)/b57-30+. The van der Waals surface area contributed by atoms with Crippen LogP contribution in [-0.2, 0) is 47.8 Å². The van der Waals surface area contributed by atoms with Gasteiger partial charge in [0.2, 0.25) is 18.7 Å². The van der Waals surface area contributed by atoms with Crippen LogP contribution in [0, 0.1) is 23.7 Å². The van der Waals surface area contributed by atoms with E-state index < -0.39 is 85.0 Å². The van der Waals surface area contributed by atoms with Crippen LogP contribution in [0.3, 0.4) is 0 Å². The summed E-state index contributed by atoms with van der Waals surface area (Å²) in [6.45, 7) is 12.3. The first-order valence-corrected chi connectivity index (χ1v) is 25.0. The number of hydrogen-bond donors (Lipinski definition) is 1. The van der Waals surface area contributed by atoms with Gasteiger partial charge in [-0.15, -0.1) is 0 Å². The lowest BCUT2D eigenvalue weighted by Gasteiger charge is -2.26. The van der Waals surface area contributed by atoms with Crippen LogP contribution in [0.2, 0.25) is 0 Å². The van der Waals surface area contributed by atoms with Crippen LogP contribution < -0.4 is 43.3 Å². The number of fused-ring (bicyclic) bond motifs is 1. The first-order chi connectivity index (χ1) is 37.7. The van der Waals surface area contributed by atoms with Gasteiger partial charge in [0.15, 0.2) is 23.0 Å². The molecule has 1 aromatic heterocycles. The zero-order valence-electron chi connectivity index (χ0n) is 41.8. The molecule has 2 fully saturated rings. The quantitative estimate of drug-likeness (QED) is 0.0160. The van der Waals surface area contributed by atoms with Crippen LogP contribution in [0.4, 0.5) is 5.13 Å². The van der Waals surface area contributed by atoms with E-state index in [-0.39, 0.29) is 51.6 Å². The average molecular weight is 1090 g/mol. The van der Waals surface area contributed by atoms with E-state index in [9.17, 15) is 38.4 Å². The molecule has 404 valence electrons. The number of esters is 8. The van der Waals surface area contributed by atoms with Gasteiger partial charge in [-0.25, -0.2) is 24.2 Å². The number of rotatable bonds is 23. The van der Waals surface area contributed by atoms with Gasteiger partial charge in [-0.2, -0.15) is 5.10 Å². The average Bonchev–Trinajstić information content (AvgIpc) is 3.87. The molecule has 78 heavy (non-hydrogen) atoms. The van der Waals surface area contributed by atoms with E-state index in [2.05, 4.69) is 41.8 Å². The maximum atomic E-state index is 13.7. The molecule has 0 aliphatic heterocycles. The van der Waals surface area contributed by atoms with E-state index in [1.165, 1.54) is 72.1 Å². The number of hydrogen-bond acceptors (Lipinski definition) is 22. The van der Waals surface area contributed by atoms with Gasteiger partial charge in [-0.05, 0) is 106 Å². The van der Waals surface area contributed by atoms with Crippen LogP contribution in [0.15, 0.2) is 135 Å². The lowest BCUT2D eigenvalue weighted by molar-refractivity contribution is -0.145. The van der Waals surface area contributed by atoms with E-state index >= 15 is 0 Å². The normalized spacial score (nSPS) is 16.7. The maximum absolute atomic E-state index is 13.7. The summed E-state index contributed by atoms with van der Waals surface area (Å²) >= 11 is 1.38. The molecule has 2 aliphatic rings. The van der Waals surface area contributed by atoms with Crippen molar-refractivity contribution in [2.45, 2.75) is 51.4 Å². The van der Waals surface area contributed by atoms with E-state index in [1.54, 1.807) is 0 Å². The third-order valence-electron chi connectivity index (χ3n) is 12.0. The Bertz CT molecular complexity index is 3120. The Kier molecular flexibility index (Phi) is 19.8. The first-order valence-electron chi connectivity index (χ1n) is 24.2. The number of anilines is 1. The fourth-order valence-electron chi connectivity index (χ4n) is 8.00. The Balaban J connectivity index is 0.957. The molecule has 0 spiro atoms. The highest BCUT2D eigenvalue weighted by Gasteiger charge is 2.34. The Morgan fingerprint density at radius 2 is 0.910 bits per heavy atom. The van der Waals surface area contributed by atoms with E-state index in [4.69, 9.17) is 47.4 Å². The number of hydrazone groups is 1. The molecule has 7 rings (SSSR count). The maximum Gasteiger partial charge on any atom is 0.335 e. The summed E-state index contributed by atoms with van der Waals surface area (Å²) in [5, 5.41) is 4.85. The molecule has 0 amide bonds. The Morgan fingerprint density at radius 1 is 0.500 bits per heavy atom. The van der Waals surface area contributed by atoms with Gasteiger partial charge in [-0.1, -0.05) is 49.8 Å². The molecule has 0 atom stereocenters. The minimum atomic E-state index is -0.782. The smallest absolute Gasteiger partial charge is 0.335 e. The van der Waals surface area contributed by atoms with Crippen molar-refractivity contribution in [3.63, 3.8) is 0 Å². The highest BCUT2D eigenvalue weighted by molar-refractivity contribution is 7.22. The number of aromatic nitrogens is 1. The highest BCUT2D eigenvalue weighted by Crippen LogP contribution is 2.38. The second-order valence-corrected chi connectivity index (χ2v) is 18.2. The minimum absolute atomic E-state index is 0.0440. The first kappa shape index (κ1) is 56.3. The Hall–Kier alpha value is -9.44. The molecule has 0 saturated heterocycles. The highest BCUT2D eigenvalue weighted by atomic mass is 32.1. The van der Waals surface area contributed by atoms with Gasteiger partial charge in [0.1, 0.15) is 23.0 Å². The summed E-state index contributed by atoms with van der Waals surface area (Å²) < 4.78 is 55.0. The summed E-state index contributed by atoms with van der Waals surface area (Å²) in [6, 6.07) is 20.1. The number of para-hydroxylation sites is 1. The van der Waals surface area contributed by atoms with Crippen LogP contribution in [-0.4, -0.2) is 72.5 Å². The van der Waals surface area contributed by atoms with E-state index in [0.29, 0.717) is 56.5 Å². The van der Waals surface area contributed by atoms with Crippen LogP contribution in [0.5, 0.6) is 46.0 Å². The Labute approximate surface area is 450 Å². The molecule has 2 saturated carbocycles. The van der Waals surface area contributed by atoms with Crippen LogP contribution >= 0.6 is 11.3 Å². The van der Waals surface area contributed by atoms with Gasteiger partial charge in [0, 0.05) is 42.0 Å². The number of thiazole rings is 1. The predicted molar refractivity (Wildman–Crippen MR) is 279 cm³/mol.